The van der Waals surface area contributed by atoms with Gasteiger partial charge in [0.15, 0.2) is 5.69 Å². The maximum Gasteiger partial charge on any atom is 0.452 e. The standard InChI is InChI=1S/C23H12ClF4N7O3/c24-15-11-13(3-6-16(15)25)35-9-7-17(36)18(33-35)20(37)30-12-1-4-14(5-2-12)38-21-19-31-32-22(23(26,27)28)34(19)10-8-29-21/h1-11H,(H,30,37). The summed E-state index contributed by atoms with van der Waals surface area (Å²) in [5, 5.41) is 13.0. The molecule has 0 aliphatic heterocycles. The lowest BCUT2D eigenvalue weighted by molar-refractivity contribution is -0.145. The fourth-order valence-corrected chi connectivity index (χ4v) is 3.49. The topological polar surface area (TPSA) is 116 Å². The predicted octanol–water partition coefficient (Wildman–Crippen LogP) is 4.53. The van der Waals surface area contributed by atoms with Gasteiger partial charge < -0.3 is 10.1 Å². The molecule has 10 nitrogen and oxygen atoms in total. The fourth-order valence-electron chi connectivity index (χ4n) is 3.31. The van der Waals surface area contributed by atoms with Gasteiger partial charge in [0.05, 0.1) is 10.7 Å². The molecule has 0 saturated carbocycles. The quantitative estimate of drug-likeness (QED) is 0.323. The summed E-state index contributed by atoms with van der Waals surface area (Å²) in [7, 11) is 0. The molecule has 0 bridgehead atoms. The van der Waals surface area contributed by atoms with Crippen LogP contribution in [-0.2, 0) is 6.18 Å². The number of ether oxygens (including phenoxy) is 1. The Morgan fingerprint density at radius 3 is 2.50 bits per heavy atom. The van der Waals surface area contributed by atoms with Crippen LogP contribution in [0.3, 0.4) is 0 Å². The lowest BCUT2D eigenvalue weighted by atomic mass is 10.2. The Labute approximate surface area is 214 Å². The number of amides is 1. The third kappa shape index (κ3) is 4.88. The molecule has 192 valence electrons. The largest absolute Gasteiger partial charge is 0.452 e. The number of rotatable bonds is 5. The van der Waals surface area contributed by atoms with E-state index in [9.17, 15) is 27.2 Å². The number of carbonyl (C=O) groups excluding carboxylic acids is 1. The maximum atomic E-state index is 13.5. The first kappa shape index (κ1) is 24.8. The van der Waals surface area contributed by atoms with Crippen molar-refractivity contribution in [1.82, 2.24) is 29.4 Å². The van der Waals surface area contributed by atoms with Gasteiger partial charge in [-0.25, -0.2) is 14.1 Å². The number of fused-ring (bicyclic) bond motifs is 1. The van der Waals surface area contributed by atoms with Crippen LogP contribution in [0.5, 0.6) is 11.6 Å². The minimum absolute atomic E-state index is 0.160. The summed E-state index contributed by atoms with van der Waals surface area (Å²) in [4.78, 5) is 28.9. The zero-order valence-corrected chi connectivity index (χ0v) is 19.4. The molecular formula is C23H12ClF4N7O3. The van der Waals surface area contributed by atoms with Crippen LogP contribution in [0.15, 0.2) is 71.9 Å². The van der Waals surface area contributed by atoms with Crippen molar-refractivity contribution in [3.63, 3.8) is 0 Å². The van der Waals surface area contributed by atoms with Crippen LogP contribution in [0.1, 0.15) is 16.3 Å². The summed E-state index contributed by atoms with van der Waals surface area (Å²) < 4.78 is 60.1. The van der Waals surface area contributed by atoms with Crippen LogP contribution in [-0.4, -0.2) is 35.3 Å². The monoisotopic (exact) mass is 545 g/mol. The summed E-state index contributed by atoms with van der Waals surface area (Å²) in [5.41, 5.74) is -0.748. The number of benzene rings is 2. The fraction of sp³-hybridized carbons (Fsp3) is 0.0435. The van der Waals surface area contributed by atoms with Crippen LogP contribution >= 0.6 is 11.6 Å². The molecule has 5 aromatic rings. The van der Waals surface area contributed by atoms with Gasteiger partial charge in [-0.3, -0.25) is 14.0 Å². The van der Waals surface area contributed by atoms with Gasteiger partial charge in [0.2, 0.25) is 16.9 Å². The highest BCUT2D eigenvalue weighted by Gasteiger charge is 2.37. The number of hydrogen-bond donors (Lipinski definition) is 1. The van der Waals surface area contributed by atoms with E-state index in [0.717, 1.165) is 24.5 Å². The minimum Gasteiger partial charge on any atom is -0.436 e. The van der Waals surface area contributed by atoms with Crippen LogP contribution in [0.2, 0.25) is 5.02 Å². The average molecular weight is 546 g/mol. The first-order chi connectivity index (χ1) is 18.1. The number of hydrogen-bond acceptors (Lipinski definition) is 7. The van der Waals surface area contributed by atoms with E-state index in [1.807, 2.05) is 0 Å². The Morgan fingerprint density at radius 2 is 1.79 bits per heavy atom. The Hall–Kier alpha value is -4.85. The Morgan fingerprint density at radius 1 is 1.03 bits per heavy atom. The van der Waals surface area contributed by atoms with Crippen molar-refractivity contribution in [3.8, 4) is 17.3 Å². The molecule has 1 N–H and O–H groups in total. The lowest BCUT2D eigenvalue weighted by Gasteiger charge is -2.10. The highest BCUT2D eigenvalue weighted by molar-refractivity contribution is 6.30. The van der Waals surface area contributed by atoms with Crippen molar-refractivity contribution in [2.45, 2.75) is 6.18 Å². The Balaban J connectivity index is 1.33. The van der Waals surface area contributed by atoms with Crippen LogP contribution in [0, 0.1) is 5.82 Å². The molecule has 0 atom stereocenters. The molecule has 1 amide bonds. The first-order valence-electron chi connectivity index (χ1n) is 10.5. The molecule has 0 fully saturated rings. The molecule has 0 saturated heterocycles. The lowest BCUT2D eigenvalue weighted by Crippen LogP contribution is -2.25. The van der Waals surface area contributed by atoms with E-state index in [-0.39, 0.29) is 28.0 Å². The number of halogens is 5. The van der Waals surface area contributed by atoms with Gasteiger partial charge >= 0.3 is 6.18 Å². The number of carbonyl (C=O) groups is 1. The van der Waals surface area contributed by atoms with Crippen molar-refractivity contribution in [2.75, 3.05) is 5.32 Å². The van der Waals surface area contributed by atoms with Gasteiger partial charge in [-0.1, -0.05) is 11.6 Å². The molecule has 0 aliphatic rings. The normalized spacial score (nSPS) is 11.5. The molecule has 3 heterocycles. The van der Waals surface area contributed by atoms with Crippen molar-refractivity contribution in [2.24, 2.45) is 0 Å². The number of nitrogens with zero attached hydrogens (tertiary/aromatic N) is 6. The Bertz CT molecular complexity index is 1740. The third-order valence-corrected chi connectivity index (χ3v) is 5.36. The molecule has 0 unspecified atom stereocenters. The van der Waals surface area contributed by atoms with Gasteiger partial charge in [0, 0.05) is 30.3 Å². The summed E-state index contributed by atoms with van der Waals surface area (Å²) in [6.45, 7) is 0. The molecule has 0 aliphatic carbocycles. The van der Waals surface area contributed by atoms with Crippen LogP contribution < -0.4 is 15.5 Å². The summed E-state index contributed by atoms with van der Waals surface area (Å²) in [5.74, 6) is -2.73. The molecule has 5 rings (SSSR count). The minimum atomic E-state index is -4.72. The summed E-state index contributed by atoms with van der Waals surface area (Å²) in [6.07, 6.45) is -1.26. The molecule has 38 heavy (non-hydrogen) atoms. The second-order valence-electron chi connectivity index (χ2n) is 7.60. The second-order valence-corrected chi connectivity index (χ2v) is 8.01. The van der Waals surface area contributed by atoms with Crippen molar-refractivity contribution >= 4 is 28.8 Å². The van der Waals surface area contributed by atoms with E-state index in [1.165, 1.54) is 47.3 Å². The van der Waals surface area contributed by atoms with Gasteiger partial charge in [0.1, 0.15) is 11.6 Å². The van der Waals surface area contributed by atoms with E-state index < -0.39 is 34.8 Å². The Kier molecular flexibility index (Phi) is 6.24. The third-order valence-electron chi connectivity index (χ3n) is 5.07. The van der Waals surface area contributed by atoms with Crippen LogP contribution in [0.25, 0.3) is 11.3 Å². The molecule has 0 spiro atoms. The molecule has 3 aromatic heterocycles. The molecule has 15 heteroatoms. The number of alkyl halides is 3. The summed E-state index contributed by atoms with van der Waals surface area (Å²) >= 11 is 5.79. The molecular weight excluding hydrogens is 534 g/mol. The van der Waals surface area contributed by atoms with Crippen molar-refractivity contribution < 1.29 is 27.1 Å². The first-order valence-corrected chi connectivity index (χ1v) is 10.9. The molecule has 0 radical (unpaired) electrons. The maximum absolute atomic E-state index is 13.5. The van der Waals surface area contributed by atoms with E-state index in [2.05, 4.69) is 25.6 Å². The zero-order valence-electron chi connectivity index (χ0n) is 18.6. The summed E-state index contributed by atoms with van der Waals surface area (Å²) in [6, 6.07) is 10.6. The highest BCUT2D eigenvalue weighted by Crippen LogP contribution is 2.30. The zero-order chi connectivity index (χ0) is 27.0. The van der Waals surface area contributed by atoms with Gasteiger partial charge in [-0.15, -0.1) is 10.2 Å². The van der Waals surface area contributed by atoms with Gasteiger partial charge in [-0.2, -0.15) is 18.3 Å². The van der Waals surface area contributed by atoms with Gasteiger partial charge in [0.25, 0.3) is 11.8 Å². The number of anilines is 1. The predicted molar refractivity (Wildman–Crippen MR) is 125 cm³/mol. The van der Waals surface area contributed by atoms with Crippen molar-refractivity contribution in [1.29, 1.82) is 0 Å². The van der Waals surface area contributed by atoms with E-state index in [0.29, 0.717) is 10.1 Å². The highest BCUT2D eigenvalue weighted by atomic mass is 35.5. The van der Waals surface area contributed by atoms with E-state index in [1.54, 1.807) is 0 Å². The second kappa shape index (κ2) is 9.55. The van der Waals surface area contributed by atoms with Crippen LogP contribution in [0.4, 0.5) is 23.2 Å². The average Bonchev–Trinajstić information content (AvgIpc) is 3.33. The number of aromatic nitrogens is 6. The van der Waals surface area contributed by atoms with Crippen molar-refractivity contribution in [3.05, 3.63) is 99.7 Å². The van der Waals surface area contributed by atoms with E-state index in [4.69, 9.17) is 16.3 Å². The SMILES string of the molecule is O=C(Nc1ccc(Oc2nccn3c(C(F)(F)F)nnc23)cc1)c1nn(-c2ccc(F)c(Cl)c2)ccc1=O. The molecule has 2 aromatic carbocycles. The van der Waals surface area contributed by atoms with Gasteiger partial charge in [-0.05, 0) is 42.5 Å². The number of nitrogens with one attached hydrogen (secondary N) is 1. The smallest absolute Gasteiger partial charge is 0.436 e. The van der Waals surface area contributed by atoms with E-state index >= 15 is 0 Å².